The Morgan fingerprint density at radius 1 is 1.47 bits per heavy atom. The summed E-state index contributed by atoms with van der Waals surface area (Å²) in [5.41, 5.74) is 0.977. The van der Waals surface area contributed by atoms with Crippen molar-refractivity contribution >= 4 is 6.09 Å². The zero-order chi connectivity index (χ0) is 13.5. The third kappa shape index (κ3) is 4.10. The number of nitrogens with one attached hydrogen (secondary N) is 1. The standard InChI is InChI=1S/C15H19NO3/c1-2-13-11-18-9-8-14(13)16-15(17)19-10-12-6-4-3-5-7-12/h2-7,13-14H,1,8-11H2,(H,16,17)/t13-,14+/m0/s1. The number of hydrogen-bond acceptors (Lipinski definition) is 3. The molecule has 19 heavy (non-hydrogen) atoms. The molecular formula is C15H19NO3. The molecule has 2 rings (SSSR count). The molecule has 1 fully saturated rings. The number of rotatable bonds is 4. The van der Waals surface area contributed by atoms with Gasteiger partial charge in [0.25, 0.3) is 0 Å². The number of carbonyl (C=O) groups excluding carboxylic acids is 1. The largest absolute Gasteiger partial charge is 0.445 e. The van der Waals surface area contributed by atoms with Gasteiger partial charge in [0.15, 0.2) is 0 Å². The minimum absolute atomic E-state index is 0.0505. The Morgan fingerprint density at radius 3 is 3.00 bits per heavy atom. The lowest BCUT2D eigenvalue weighted by molar-refractivity contribution is 0.0463. The summed E-state index contributed by atoms with van der Waals surface area (Å²) < 4.78 is 10.5. The summed E-state index contributed by atoms with van der Waals surface area (Å²) in [5, 5.41) is 2.88. The molecule has 102 valence electrons. The fourth-order valence-corrected chi connectivity index (χ4v) is 2.09. The van der Waals surface area contributed by atoms with Gasteiger partial charge in [-0.1, -0.05) is 36.4 Å². The normalized spacial score (nSPS) is 22.5. The number of carbonyl (C=O) groups is 1. The molecule has 4 nitrogen and oxygen atoms in total. The van der Waals surface area contributed by atoms with Crippen molar-refractivity contribution in [1.82, 2.24) is 5.32 Å². The van der Waals surface area contributed by atoms with Gasteiger partial charge < -0.3 is 14.8 Å². The van der Waals surface area contributed by atoms with Gasteiger partial charge in [-0.3, -0.25) is 0 Å². The van der Waals surface area contributed by atoms with Crippen molar-refractivity contribution in [2.45, 2.75) is 19.1 Å². The third-order valence-corrected chi connectivity index (χ3v) is 3.22. The fraction of sp³-hybridized carbons (Fsp3) is 0.400. The highest BCUT2D eigenvalue weighted by Crippen LogP contribution is 2.15. The van der Waals surface area contributed by atoms with Gasteiger partial charge in [0.05, 0.1) is 6.61 Å². The highest BCUT2D eigenvalue weighted by molar-refractivity contribution is 5.67. The van der Waals surface area contributed by atoms with Crippen LogP contribution in [0.25, 0.3) is 0 Å². The Hall–Kier alpha value is -1.81. The van der Waals surface area contributed by atoms with Gasteiger partial charge in [-0.2, -0.15) is 0 Å². The van der Waals surface area contributed by atoms with E-state index in [1.165, 1.54) is 0 Å². The molecule has 1 saturated heterocycles. The molecule has 1 aromatic carbocycles. The summed E-state index contributed by atoms with van der Waals surface area (Å²) in [4.78, 5) is 11.7. The number of alkyl carbamates (subject to hydrolysis) is 1. The SMILES string of the molecule is C=C[C@H]1COCC[C@H]1NC(=O)OCc1ccccc1. The molecule has 1 aliphatic rings. The molecular weight excluding hydrogens is 242 g/mol. The second-order valence-electron chi connectivity index (χ2n) is 4.58. The van der Waals surface area contributed by atoms with Crippen LogP contribution in [0.15, 0.2) is 43.0 Å². The second-order valence-corrected chi connectivity index (χ2v) is 4.58. The van der Waals surface area contributed by atoms with E-state index < -0.39 is 0 Å². The van der Waals surface area contributed by atoms with Crippen LogP contribution in [0.5, 0.6) is 0 Å². The smallest absolute Gasteiger partial charge is 0.407 e. The molecule has 0 spiro atoms. The van der Waals surface area contributed by atoms with Gasteiger partial charge in [-0.25, -0.2) is 4.79 Å². The average molecular weight is 261 g/mol. The van der Waals surface area contributed by atoms with Crippen LogP contribution in [0.4, 0.5) is 4.79 Å². The molecule has 1 aromatic rings. The zero-order valence-electron chi connectivity index (χ0n) is 10.9. The van der Waals surface area contributed by atoms with E-state index >= 15 is 0 Å². The van der Waals surface area contributed by atoms with Gasteiger partial charge in [-0.15, -0.1) is 6.58 Å². The minimum atomic E-state index is -0.386. The highest BCUT2D eigenvalue weighted by Gasteiger charge is 2.25. The van der Waals surface area contributed by atoms with Crippen molar-refractivity contribution in [3.05, 3.63) is 48.6 Å². The maximum absolute atomic E-state index is 11.7. The summed E-state index contributed by atoms with van der Waals surface area (Å²) >= 11 is 0. The van der Waals surface area contributed by atoms with E-state index in [0.717, 1.165) is 12.0 Å². The van der Waals surface area contributed by atoms with Crippen molar-refractivity contribution in [3.63, 3.8) is 0 Å². The van der Waals surface area contributed by atoms with Crippen LogP contribution in [0.3, 0.4) is 0 Å². The molecule has 0 aliphatic carbocycles. The summed E-state index contributed by atoms with van der Waals surface area (Å²) in [5.74, 6) is 0.151. The Labute approximate surface area is 113 Å². The zero-order valence-corrected chi connectivity index (χ0v) is 10.9. The van der Waals surface area contributed by atoms with Crippen LogP contribution in [0.1, 0.15) is 12.0 Å². The third-order valence-electron chi connectivity index (χ3n) is 3.22. The van der Waals surface area contributed by atoms with Gasteiger partial charge in [-0.05, 0) is 12.0 Å². The molecule has 0 radical (unpaired) electrons. The van der Waals surface area contributed by atoms with E-state index in [9.17, 15) is 4.79 Å². The summed E-state index contributed by atoms with van der Waals surface area (Å²) in [6.45, 7) is 5.31. The number of benzene rings is 1. The number of hydrogen-bond donors (Lipinski definition) is 1. The molecule has 1 amide bonds. The van der Waals surface area contributed by atoms with E-state index in [4.69, 9.17) is 9.47 Å². The maximum atomic E-state index is 11.7. The van der Waals surface area contributed by atoms with E-state index in [1.807, 2.05) is 36.4 Å². The molecule has 1 heterocycles. The van der Waals surface area contributed by atoms with Crippen molar-refractivity contribution < 1.29 is 14.3 Å². The van der Waals surface area contributed by atoms with Crippen molar-refractivity contribution in [3.8, 4) is 0 Å². The van der Waals surface area contributed by atoms with Crippen LogP contribution in [-0.2, 0) is 16.1 Å². The lowest BCUT2D eigenvalue weighted by atomic mass is 9.96. The van der Waals surface area contributed by atoms with E-state index in [0.29, 0.717) is 13.2 Å². The molecule has 1 N–H and O–H groups in total. The van der Waals surface area contributed by atoms with Gasteiger partial charge in [0, 0.05) is 18.6 Å². The van der Waals surface area contributed by atoms with Crippen LogP contribution in [0.2, 0.25) is 0 Å². The first-order valence-electron chi connectivity index (χ1n) is 6.47. The average Bonchev–Trinajstić information content (AvgIpc) is 2.47. The molecule has 1 aliphatic heterocycles. The highest BCUT2D eigenvalue weighted by atomic mass is 16.5. The topological polar surface area (TPSA) is 47.6 Å². The Kier molecular flexibility index (Phi) is 4.98. The van der Waals surface area contributed by atoms with Gasteiger partial charge in [0.2, 0.25) is 0 Å². The number of ether oxygens (including phenoxy) is 2. The van der Waals surface area contributed by atoms with Gasteiger partial charge in [0.1, 0.15) is 6.61 Å². The second kappa shape index (κ2) is 6.95. The molecule has 4 heteroatoms. The van der Waals surface area contributed by atoms with E-state index in [-0.39, 0.29) is 24.7 Å². The Balaban J connectivity index is 1.79. The fourth-order valence-electron chi connectivity index (χ4n) is 2.09. The van der Waals surface area contributed by atoms with Crippen LogP contribution in [0, 0.1) is 5.92 Å². The molecule has 0 saturated carbocycles. The van der Waals surface area contributed by atoms with Crippen molar-refractivity contribution in [2.75, 3.05) is 13.2 Å². The minimum Gasteiger partial charge on any atom is -0.445 e. The number of amides is 1. The monoisotopic (exact) mass is 261 g/mol. The molecule has 0 unspecified atom stereocenters. The first-order valence-corrected chi connectivity index (χ1v) is 6.47. The van der Waals surface area contributed by atoms with Crippen molar-refractivity contribution in [2.24, 2.45) is 5.92 Å². The quantitative estimate of drug-likeness (QED) is 0.847. The molecule has 2 atom stereocenters. The van der Waals surface area contributed by atoms with Gasteiger partial charge >= 0.3 is 6.09 Å². The first kappa shape index (κ1) is 13.6. The molecule has 0 bridgehead atoms. The Morgan fingerprint density at radius 2 is 2.26 bits per heavy atom. The Bertz CT molecular complexity index is 419. The molecule has 0 aromatic heterocycles. The first-order chi connectivity index (χ1) is 9.29. The van der Waals surface area contributed by atoms with Crippen LogP contribution >= 0.6 is 0 Å². The van der Waals surface area contributed by atoms with E-state index in [1.54, 1.807) is 0 Å². The van der Waals surface area contributed by atoms with Crippen LogP contribution in [-0.4, -0.2) is 25.3 Å². The predicted octanol–water partition coefficient (Wildman–Crippen LogP) is 2.50. The predicted molar refractivity (Wildman–Crippen MR) is 72.7 cm³/mol. The lowest BCUT2D eigenvalue weighted by Crippen LogP contribution is -2.44. The lowest BCUT2D eigenvalue weighted by Gasteiger charge is -2.29. The van der Waals surface area contributed by atoms with Crippen LogP contribution < -0.4 is 5.32 Å². The summed E-state index contributed by atoms with van der Waals surface area (Å²) in [6.07, 6.45) is 2.22. The summed E-state index contributed by atoms with van der Waals surface area (Å²) in [6, 6.07) is 9.67. The summed E-state index contributed by atoms with van der Waals surface area (Å²) in [7, 11) is 0. The maximum Gasteiger partial charge on any atom is 0.407 e. The van der Waals surface area contributed by atoms with E-state index in [2.05, 4.69) is 11.9 Å². The van der Waals surface area contributed by atoms with Crippen molar-refractivity contribution in [1.29, 1.82) is 0 Å².